The number of hydrogen-bond donors (Lipinski definition) is 0. The zero-order chi connectivity index (χ0) is 24.7. The molecule has 0 atom stereocenters. The van der Waals surface area contributed by atoms with Gasteiger partial charge in [0.1, 0.15) is 6.54 Å². The highest BCUT2D eigenvalue weighted by molar-refractivity contribution is 7.92. The number of fused-ring (bicyclic) bond motifs is 1. The Labute approximate surface area is 200 Å². The molecule has 0 heterocycles. The van der Waals surface area contributed by atoms with Crippen molar-refractivity contribution in [2.24, 2.45) is 0 Å². The van der Waals surface area contributed by atoms with Gasteiger partial charge in [-0.3, -0.25) is 13.9 Å². The van der Waals surface area contributed by atoms with Gasteiger partial charge in [-0.15, -0.1) is 0 Å². The highest BCUT2D eigenvalue weighted by atomic mass is 32.2. The second-order valence-electron chi connectivity index (χ2n) is 7.72. The summed E-state index contributed by atoms with van der Waals surface area (Å²) in [7, 11) is -4.06. The van der Waals surface area contributed by atoms with Gasteiger partial charge in [-0.05, 0) is 56.3 Å². The lowest BCUT2D eigenvalue weighted by Crippen LogP contribution is -2.36. The van der Waals surface area contributed by atoms with E-state index in [1.807, 2.05) is 25.1 Å². The van der Waals surface area contributed by atoms with E-state index in [-0.39, 0.29) is 23.9 Å². The van der Waals surface area contributed by atoms with E-state index < -0.39 is 22.5 Å². The molecule has 7 nitrogen and oxygen atoms in total. The van der Waals surface area contributed by atoms with Gasteiger partial charge in [0.25, 0.3) is 10.0 Å². The Balaban J connectivity index is 2.10. The molecular weight excluding hydrogens is 454 g/mol. The fourth-order valence-electron chi connectivity index (χ4n) is 3.71. The first-order chi connectivity index (χ1) is 16.3. The average Bonchev–Trinajstić information content (AvgIpc) is 2.82. The first-order valence-electron chi connectivity index (χ1n) is 11.2. The summed E-state index contributed by atoms with van der Waals surface area (Å²) in [6.45, 7) is 5.30. The van der Waals surface area contributed by atoms with Gasteiger partial charge >= 0.3 is 11.9 Å². The zero-order valence-corrected chi connectivity index (χ0v) is 20.4. The van der Waals surface area contributed by atoms with Crippen molar-refractivity contribution < 1.29 is 27.5 Å². The smallest absolute Gasteiger partial charge is 0.326 e. The summed E-state index contributed by atoms with van der Waals surface area (Å²) >= 11 is 0. The Morgan fingerprint density at radius 1 is 0.824 bits per heavy atom. The van der Waals surface area contributed by atoms with Crippen molar-refractivity contribution >= 4 is 38.4 Å². The Morgan fingerprint density at radius 2 is 1.44 bits per heavy atom. The standard InChI is InChI=1S/C26H29NO6S/c1-4-32-25(28)17-13-20-12-16-24(23-9-7-6-8-22(20)23)27(18-26(29)33-5-2)34(30,31)21-14-10-19(3)11-15-21/h6-12,14-16H,4-5,13,17-18H2,1-3H3. The van der Waals surface area contributed by atoms with Crippen molar-refractivity contribution in [1.29, 1.82) is 0 Å². The zero-order valence-electron chi connectivity index (χ0n) is 19.6. The minimum atomic E-state index is -4.06. The fraction of sp³-hybridized carbons (Fsp3) is 0.308. The number of hydrogen-bond acceptors (Lipinski definition) is 6. The summed E-state index contributed by atoms with van der Waals surface area (Å²) in [5, 5.41) is 1.46. The number of anilines is 1. The van der Waals surface area contributed by atoms with E-state index in [0.717, 1.165) is 20.8 Å². The SMILES string of the molecule is CCOC(=O)CCc1ccc(N(CC(=O)OCC)S(=O)(=O)c2ccc(C)cc2)c2ccccc12. The molecule has 0 radical (unpaired) electrons. The van der Waals surface area contributed by atoms with Crippen LogP contribution in [0.4, 0.5) is 5.69 Å². The molecule has 3 rings (SSSR count). The molecule has 0 fully saturated rings. The molecule has 0 amide bonds. The minimum Gasteiger partial charge on any atom is -0.466 e. The molecule has 0 saturated carbocycles. The molecule has 0 aliphatic rings. The van der Waals surface area contributed by atoms with Crippen molar-refractivity contribution in [2.75, 3.05) is 24.1 Å². The van der Waals surface area contributed by atoms with Crippen LogP contribution in [0.2, 0.25) is 0 Å². The van der Waals surface area contributed by atoms with Gasteiger partial charge in [0.15, 0.2) is 0 Å². The monoisotopic (exact) mass is 483 g/mol. The van der Waals surface area contributed by atoms with Gasteiger partial charge in [0.2, 0.25) is 0 Å². The van der Waals surface area contributed by atoms with Crippen LogP contribution in [0.15, 0.2) is 65.6 Å². The molecule has 0 saturated heterocycles. The molecule has 0 aliphatic carbocycles. The molecule has 0 unspecified atom stereocenters. The largest absolute Gasteiger partial charge is 0.466 e. The molecule has 0 aromatic heterocycles. The van der Waals surface area contributed by atoms with E-state index in [1.165, 1.54) is 12.1 Å². The van der Waals surface area contributed by atoms with Gasteiger partial charge < -0.3 is 9.47 Å². The number of carbonyl (C=O) groups excluding carboxylic acids is 2. The second-order valence-corrected chi connectivity index (χ2v) is 9.59. The van der Waals surface area contributed by atoms with Crippen LogP contribution in [0.25, 0.3) is 10.8 Å². The number of nitrogens with zero attached hydrogens (tertiary/aromatic N) is 1. The Morgan fingerprint density at radius 3 is 2.09 bits per heavy atom. The van der Waals surface area contributed by atoms with Crippen LogP contribution < -0.4 is 4.31 Å². The van der Waals surface area contributed by atoms with E-state index in [4.69, 9.17) is 9.47 Å². The Kier molecular flexibility index (Phi) is 8.28. The molecule has 3 aromatic carbocycles. The molecule has 180 valence electrons. The van der Waals surface area contributed by atoms with Crippen LogP contribution in [-0.2, 0) is 35.5 Å². The van der Waals surface area contributed by atoms with Crippen LogP contribution in [0.1, 0.15) is 31.4 Å². The maximum Gasteiger partial charge on any atom is 0.326 e. The van der Waals surface area contributed by atoms with Crippen LogP contribution in [0.5, 0.6) is 0 Å². The predicted octanol–water partition coefficient (Wildman–Crippen LogP) is 4.40. The molecule has 34 heavy (non-hydrogen) atoms. The molecule has 3 aromatic rings. The molecular formula is C26H29NO6S. The van der Waals surface area contributed by atoms with Crippen molar-refractivity contribution in [3.8, 4) is 0 Å². The fourth-order valence-corrected chi connectivity index (χ4v) is 5.14. The van der Waals surface area contributed by atoms with Gasteiger partial charge in [0.05, 0.1) is 23.8 Å². The second kappa shape index (κ2) is 11.2. The van der Waals surface area contributed by atoms with Gasteiger partial charge in [0, 0.05) is 11.8 Å². The molecule has 0 spiro atoms. The predicted molar refractivity (Wildman–Crippen MR) is 131 cm³/mol. The minimum absolute atomic E-state index is 0.0814. The lowest BCUT2D eigenvalue weighted by Gasteiger charge is -2.25. The maximum absolute atomic E-state index is 13.7. The molecule has 0 aliphatic heterocycles. The molecule has 0 N–H and O–H groups in total. The van der Waals surface area contributed by atoms with Gasteiger partial charge in [-0.2, -0.15) is 0 Å². The normalized spacial score (nSPS) is 11.3. The van der Waals surface area contributed by atoms with E-state index >= 15 is 0 Å². The summed E-state index contributed by atoms with van der Waals surface area (Å²) in [6, 6.07) is 17.3. The molecule has 0 bridgehead atoms. The third-order valence-electron chi connectivity index (χ3n) is 5.35. The van der Waals surface area contributed by atoms with E-state index in [9.17, 15) is 18.0 Å². The highest BCUT2D eigenvalue weighted by Gasteiger charge is 2.29. The summed E-state index contributed by atoms with van der Waals surface area (Å²) < 4.78 is 38.5. The number of sulfonamides is 1. The summed E-state index contributed by atoms with van der Waals surface area (Å²) in [6.07, 6.45) is 0.660. The summed E-state index contributed by atoms with van der Waals surface area (Å²) in [5.74, 6) is -0.935. The topological polar surface area (TPSA) is 90.0 Å². The molecule has 8 heteroatoms. The van der Waals surface area contributed by atoms with E-state index in [1.54, 1.807) is 44.2 Å². The third kappa shape index (κ3) is 5.75. The Hall–Kier alpha value is -3.39. The number of rotatable bonds is 10. The van der Waals surface area contributed by atoms with Gasteiger partial charge in [-0.25, -0.2) is 8.42 Å². The number of benzene rings is 3. The number of aryl methyl sites for hydroxylation is 2. The van der Waals surface area contributed by atoms with Crippen LogP contribution in [-0.4, -0.2) is 40.1 Å². The summed E-state index contributed by atoms with van der Waals surface area (Å²) in [5.41, 5.74) is 2.17. The van der Waals surface area contributed by atoms with Crippen molar-refractivity contribution in [1.82, 2.24) is 0 Å². The van der Waals surface area contributed by atoms with E-state index in [0.29, 0.717) is 24.1 Å². The summed E-state index contributed by atoms with van der Waals surface area (Å²) in [4.78, 5) is 24.4. The average molecular weight is 484 g/mol. The lowest BCUT2D eigenvalue weighted by atomic mass is 9.99. The lowest BCUT2D eigenvalue weighted by molar-refractivity contribution is -0.143. The first kappa shape index (κ1) is 25.2. The van der Waals surface area contributed by atoms with Crippen LogP contribution >= 0.6 is 0 Å². The first-order valence-corrected chi connectivity index (χ1v) is 12.6. The quantitative estimate of drug-likeness (QED) is 0.397. The number of esters is 2. The highest BCUT2D eigenvalue weighted by Crippen LogP contribution is 2.33. The van der Waals surface area contributed by atoms with Crippen molar-refractivity contribution in [3.63, 3.8) is 0 Å². The Bertz CT molecular complexity index is 1270. The maximum atomic E-state index is 13.7. The van der Waals surface area contributed by atoms with Crippen molar-refractivity contribution in [2.45, 2.75) is 38.5 Å². The van der Waals surface area contributed by atoms with Gasteiger partial charge in [-0.1, -0.05) is 48.0 Å². The number of carbonyl (C=O) groups is 2. The van der Waals surface area contributed by atoms with Crippen molar-refractivity contribution in [3.05, 3.63) is 71.8 Å². The number of ether oxygens (including phenoxy) is 2. The van der Waals surface area contributed by atoms with E-state index in [2.05, 4.69) is 0 Å². The van der Waals surface area contributed by atoms with Crippen LogP contribution in [0.3, 0.4) is 0 Å². The third-order valence-corrected chi connectivity index (χ3v) is 7.12. The van der Waals surface area contributed by atoms with Crippen LogP contribution in [0, 0.1) is 6.92 Å².